The molecule has 0 aliphatic rings. The Bertz CT molecular complexity index is 1150. The molecule has 2 aromatic heterocycles. The zero-order valence-corrected chi connectivity index (χ0v) is 16.0. The molecule has 0 radical (unpaired) electrons. The number of nitrogens with zero attached hydrogens (tertiary/aromatic N) is 4. The predicted octanol–water partition coefficient (Wildman–Crippen LogP) is 4.10. The number of ether oxygens (including phenoxy) is 1. The lowest BCUT2D eigenvalue weighted by atomic mass is 10.2. The summed E-state index contributed by atoms with van der Waals surface area (Å²) >= 11 is 7.34. The van der Waals surface area contributed by atoms with Crippen LogP contribution in [-0.4, -0.2) is 33.0 Å². The molecule has 0 aliphatic carbocycles. The van der Waals surface area contributed by atoms with Crippen molar-refractivity contribution < 1.29 is 9.53 Å². The number of aromatic nitrogens is 4. The molecule has 0 unspecified atom stereocenters. The predicted molar refractivity (Wildman–Crippen MR) is 105 cm³/mol. The largest absolute Gasteiger partial charge is 0.497 e. The normalized spacial score (nSPS) is 10.9. The molecule has 27 heavy (non-hydrogen) atoms. The van der Waals surface area contributed by atoms with Crippen LogP contribution in [0.25, 0.3) is 15.9 Å². The summed E-state index contributed by atoms with van der Waals surface area (Å²) < 4.78 is 7.72. The molecule has 0 spiro atoms. The SMILES string of the molecule is COc1cccc(-n2nnc(C(=O)Nc3nc4ccc(Cl)cc4s3)c2C)c1. The van der Waals surface area contributed by atoms with Crippen LogP contribution in [0.3, 0.4) is 0 Å². The summed E-state index contributed by atoms with van der Waals surface area (Å²) in [7, 11) is 1.59. The third-order valence-electron chi connectivity index (χ3n) is 3.98. The van der Waals surface area contributed by atoms with Gasteiger partial charge in [0.15, 0.2) is 10.8 Å². The maximum absolute atomic E-state index is 12.6. The van der Waals surface area contributed by atoms with Crippen molar-refractivity contribution in [2.45, 2.75) is 6.92 Å². The first-order chi connectivity index (χ1) is 13.0. The van der Waals surface area contributed by atoms with E-state index in [0.29, 0.717) is 21.6 Å². The maximum atomic E-state index is 12.6. The summed E-state index contributed by atoms with van der Waals surface area (Å²) in [5, 5.41) is 12.0. The van der Waals surface area contributed by atoms with Crippen LogP contribution < -0.4 is 10.1 Å². The number of amides is 1. The van der Waals surface area contributed by atoms with Crippen molar-refractivity contribution in [3.8, 4) is 11.4 Å². The number of carbonyl (C=O) groups is 1. The van der Waals surface area contributed by atoms with Gasteiger partial charge in [-0.25, -0.2) is 9.67 Å². The van der Waals surface area contributed by atoms with Gasteiger partial charge in [-0.15, -0.1) is 5.10 Å². The molecule has 4 rings (SSSR count). The van der Waals surface area contributed by atoms with Gasteiger partial charge in [0.05, 0.1) is 28.7 Å². The summed E-state index contributed by atoms with van der Waals surface area (Å²) in [5.41, 5.74) is 2.38. The van der Waals surface area contributed by atoms with Crippen LogP contribution in [0.15, 0.2) is 42.5 Å². The van der Waals surface area contributed by atoms with Gasteiger partial charge in [-0.3, -0.25) is 10.1 Å². The molecule has 4 aromatic rings. The van der Waals surface area contributed by atoms with Gasteiger partial charge in [-0.2, -0.15) is 0 Å². The molecule has 9 heteroatoms. The van der Waals surface area contributed by atoms with Crippen LogP contribution in [0.2, 0.25) is 5.02 Å². The zero-order valence-electron chi connectivity index (χ0n) is 14.4. The van der Waals surface area contributed by atoms with Gasteiger partial charge in [0.1, 0.15) is 5.75 Å². The third-order valence-corrected chi connectivity index (χ3v) is 5.15. The van der Waals surface area contributed by atoms with Crippen molar-refractivity contribution in [2.24, 2.45) is 0 Å². The van der Waals surface area contributed by atoms with E-state index in [9.17, 15) is 4.79 Å². The Morgan fingerprint density at radius 1 is 1.26 bits per heavy atom. The Morgan fingerprint density at radius 2 is 2.11 bits per heavy atom. The lowest BCUT2D eigenvalue weighted by Crippen LogP contribution is -2.14. The molecule has 136 valence electrons. The highest BCUT2D eigenvalue weighted by molar-refractivity contribution is 7.22. The average molecular weight is 400 g/mol. The summed E-state index contributed by atoms with van der Waals surface area (Å²) in [6, 6.07) is 12.8. The second kappa shape index (κ2) is 6.98. The summed E-state index contributed by atoms with van der Waals surface area (Å²) in [5.74, 6) is 0.327. The monoisotopic (exact) mass is 399 g/mol. The summed E-state index contributed by atoms with van der Waals surface area (Å²) in [6.45, 7) is 1.78. The highest BCUT2D eigenvalue weighted by atomic mass is 35.5. The molecule has 1 N–H and O–H groups in total. The molecule has 1 amide bonds. The third kappa shape index (κ3) is 3.36. The fourth-order valence-corrected chi connectivity index (χ4v) is 3.77. The molecular weight excluding hydrogens is 386 g/mol. The molecule has 0 bridgehead atoms. The number of anilines is 1. The van der Waals surface area contributed by atoms with Crippen LogP contribution in [0.4, 0.5) is 5.13 Å². The molecule has 0 fully saturated rings. The Morgan fingerprint density at radius 3 is 2.93 bits per heavy atom. The number of thiazole rings is 1. The second-order valence-corrected chi connectivity index (χ2v) is 7.19. The molecule has 2 heterocycles. The van der Waals surface area contributed by atoms with Crippen molar-refractivity contribution >= 4 is 44.2 Å². The first-order valence-corrected chi connectivity index (χ1v) is 9.19. The first kappa shape index (κ1) is 17.4. The van der Waals surface area contributed by atoms with Crippen LogP contribution in [0, 0.1) is 6.92 Å². The Kier molecular flexibility index (Phi) is 4.51. The van der Waals surface area contributed by atoms with Crippen molar-refractivity contribution in [3.63, 3.8) is 0 Å². The van der Waals surface area contributed by atoms with Crippen molar-refractivity contribution in [3.05, 3.63) is 58.9 Å². The minimum absolute atomic E-state index is 0.232. The van der Waals surface area contributed by atoms with Gasteiger partial charge in [-0.05, 0) is 37.3 Å². The smallest absolute Gasteiger partial charge is 0.279 e. The minimum Gasteiger partial charge on any atom is -0.497 e. The Hall–Kier alpha value is -2.97. The molecule has 0 saturated heterocycles. The quantitative estimate of drug-likeness (QED) is 0.558. The van der Waals surface area contributed by atoms with Gasteiger partial charge >= 0.3 is 0 Å². The first-order valence-electron chi connectivity index (χ1n) is 7.99. The fraction of sp³-hybridized carbons (Fsp3) is 0.111. The van der Waals surface area contributed by atoms with Gasteiger partial charge in [0.2, 0.25) is 0 Å². The lowest BCUT2D eigenvalue weighted by molar-refractivity contribution is 0.102. The molecular formula is C18H14ClN5O2S. The second-order valence-electron chi connectivity index (χ2n) is 5.72. The van der Waals surface area contributed by atoms with E-state index in [2.05, 4.69) is 20.6 Å². The number of carbonyl (C=O) groups excluding carboxylic acids is 1. The number of rotatable bonds is 4. The van der Waals surface area contributed by atoms with Gasteiger partial charge < -0.3 is 4.74 Å². The number of fused-ring (bicyclic) bond motifs is 1. The van der Waals surface area contributed by atoms with E-state index < -0.39 is 0 Å². The zero-order chi connectivity index (χ0) is 19.0. The van der Waals surface area contributed by atoms with Gasteiger partial charge in [0.25, 0.3) is 5.91 Å². The fourth-order valence-electron chi connectivity index (χ4n) is 2.63. The minimum atomic E-state index is -0.369. The van der Waals surface area contributed by atoms with E-state index >= 15 is 0 Å². The highest BCUT2D eigenvalue weighted by Crippen LogP contribution is 2.28. The van der Waals surface area contributed by atoms with Crippen molar-refractivity contribution in [2.75, 3.05) is 12.4 Å². The molecule has 7 nitrogen and oxygen atoms in total. The van der Waals surface area contributed by atoms with Crippen LogP contribution in [0.1, 0.15) is 16.2 Å². The molecule has 0 aliphatic heterocycles. The van der Waals surface area contributed by atoms with Gasteiger partial charge in [0, 0.05) is 11.1 Å². The highest BCUT2D eigenvalue weighted by Gasteiger charge is 2.19. The number of hydrogen-bond donors (Lipinski definition) is 1. The number of nitrogens with one attached hydrogen (secondary N) is 1. The summed E-state index contributed by atoms with van der Waals surface area (Å²) in [6.07, 6.45) is 0. The van der Waals surface area contributed by atoms with E-state index in [1.807, 2.05) is 36.4 Å². The molecule has 0 atom stereocenters. The number of benzene rings is 2. The van der Waals surface area contributed by atoms with Gasteiger partial charge in [-0.1, -0.05) is 34.2 Å². The standard InChI is InChI=1S/C18H14ClN5O2S/c1-10-16(22-23-24(10)12-4-3-5-13(9-12)26-2)17(25)21-18-20-14-7-6-11(19)8-15(14)27-18/h3-9H,1-2H3,(H,20,21,25). The van der Waals surface area contributed by atoms with Crippen molar-refractivity contribution in [1.29, 1.82) is 0 Å². The number of halogens is 1. The van der Waals surface area contributed by atoms with Crippen molar-refractivity contribution in [1.82, 2.24) is 20.0 Å². The van der Waals surface area contributed by atoms with Crippen LogP contribution in [-0.2, 0) is 0 Å². The van der Waals surface area contributed by atoms with E-state index in [-0.39, 0.29) is 11.6 Å². The van der Waals surface area contributed by atoms with E-state index in [0.717, 1.165) is 15.9 Å². The van der Waals surface area contributed by atoms with E-state index in [4.69, 9.17) is 16.3 Å². The lowest BCUT2D eigenvalue weighted by Gasteiger charge is -2.06. The number of methoxy groups -OCH3 is 1. The van der Waals surface area contributed by atoms with E-state index in [1.165, 1.54) is 11.3 Å². The maximum Gasteiger partial charge on any atom is 0.279 e. The van der Waals surface area contributed by atoms with Crippen LogP contribution >= 0.6 is 22.9 Å². The van der Waals surface area contributed by atoms with Crippen LogP contribution in [0.5, 0.6) is 5.75 Å². The molecule has 2 aromatic carbocycles. The summed E-state index contributed by atoms with van der Waals surface area (Å²) in [4.78, 5) is 17.0. The Balaban J connectivity index is 1.61. The number of hydrogen-bond acceptors (Lipinski definition) is 6. The molecule has 0 saturated carbocycles. The topological polar surface area (TPSA) is 81.9 Å². The average Bonchev–Trinajstić information content (AvgIpc) is 3.24. The van der Waals surface area contributed by atoms with E-state index in [1.54, 1.807) is 24.8 Å². The Labute approximate surface area is 163 Å².